The van der Waals surface area contributed by atoms with E-state index < -0.39 is 5.82 Å². The zero-order valence-corrected chi connectivity index (χ0v) is 21.8. The van der Waals surface area contributed by atoms with E-state index in [1.807, 2.05) is 60.3 Å². The quantitative estimate of drug-likeness (QED) is 0.437. The maximum absolute atomic E-state index is 14.4. The van der Waals surface area contributed by atoms with Crippen molar-refractivity contribution < 1.29 is 18.7 Å². The minimum atomic E-state index is -0.527. The van der Waals surface area contributed by atoms with Crippen molar-refractivity contribution in [1.82, 2.24) is 9.88 Å². The predicted molar refractivity (Wildman–Crippen MR) is 145 cm³/mol. The first-order valence-electron chi connectivity index (χ1n) is 13.1. The van der Waals surface area contributed by atoms with Crippen LogP contribution in [0.3, 0.4) is 0 Å². The number of halogens is 1. The number of carbonyl (C=O) groups excluding carboxylic acids is 2. The van der Waals surface area contributed by atoms with E-state index >= 15 is 0 Å². The number of benzene rings is 2. The van der Waals surface area contributed by atoms with Crippen molar-refractivity contribution in [3.8, 4) is 5.75 Å². The van der Waals surface area contributed by atoms with Crippen LogP contribution in [0.4, 0.5) is 15.9 Å². The van der Waals surface area contributed by atoms with E-state index in [1.54, 1.807) is 12.3 Å². The summed E-state index contributed by atoms with van der Waals surface area (Å²) in [5.41, 5.74) is 2.67. The fraction of sp³-hybridized carbons (Fsp3) is 0.367. The highest BCUT2D eigenvalue weighted by Crippen LogP contribution is 2.31. The molecule has 1 saturated heterocycles. The third-order valence-corrected chi connectivity index (χ3v) is 7.24. The first kappa shape index (κ1) is 25.7. The molecule has 7 nitrogen and oxygen atoms in total. The van der Waals surface area contributed by atoms with Gasteiger partial charge in [0.2, 0.25) is 0 Å². The zero-order valence-electron chi connectivity index (χ0n) is 21.8. The number of carbonyl (C=O) groups is 2. The van der Waals surface area contributed by atoms with Crippen LogP contribution in [0.25, 0.3) is 0 Å². The van der Waals surface area contributed by atoms with Crippen LogP contribution in [0, 0.1) is 11.7 Å². The Balaban J connectivity index is 1.12. The summed E-state index contributed by atoms with van der Waals surface area (Å²) in [7, 11) is 3.84. The van der Waals surface area contributed by atoms with E-state index in [0.29, 0.717) is 42.8 Å². The van der Waals surface area contributed by atoms with Crippen molar-refractivity contribution in [1.29, 1.82) is 0 Å². The molecule has 5 rings (SSSR count). The van der Waals surface area contributed by atoms with Crippen LogP contribution in [-0.4, -0.2) is 55.5 Å². The van der Waals surface area contributed by atoms with Gasteiger partial charge in [-0.15, -0.1) is 0 Å². The lowest BCUT2D eigenvalue weighted by Crippen LogP contribution is -2.38. The number of amides is 2. The first-order chi connectivity index (χ1) is 18.4. The molecule has 0 unspecified atom stereocenters. The number of hydrogen-bond donors (Lipinski definition) is 1. The minimum Gasteiger partial charge on any atom is -0.490 e. The van der Waals surface area contributed by atoms with Crippen LogP contribution in [0.1, 0.15) is 57.9 Å². The molecule has 2 fully saturated rings. The molecule has 1 N–H and O–H groups in total. The zero-order chi connectivity index (χ0) is 26.6. The molecule has 0 radical (unpaired) electrons. The van der Waals surface area contributed by atoms with Crippen LogP contribution in [0.2, 0.25) is 0 Å². The van der Waals surface area contributed by atoms with Gasteiger partial charge in [0.25, 0.3) is 11.8 Å². The van der Waals surface area contributed by atoms with Gasteiger partial charge in [0.15, 0.2) is 11.6 Å². The van der Waals surface area contributed by atoms with Crippen LogP contribution < -0.4 is 15.0 Å². The van der Waals surface area contributed by atoms with Gasteiger partial charge in [-0.1, -0.05) is 12.1 Å². The maximum atomic E-state index is 14.4. The number of aromatic nitrogens is 1. The standard InChI is InChI=1S/C30H33FN4O3/c1-34(2)28-12-8-24(18-32-28)30(37)35-15-13-22(14-16-35)21-5-9-25(10-6-21)33-29(36)23-7-11-27(26(31)17-23)38-19-20-3-4-20/h5-12,17-18,20,22H,3-4,13-16,19H2,1-2H3,(H,33,36). The van der Waals surface area contributed by atoms with E-state index in [1.165, 1.54) is 17.7 Å². The lowest BCUT2D eigenvalue weighted by Gasteiger charge is -2.32. The summed E-state index contributed by atoms with van der Waals surface area (Å²) in [6.07, 6.45) is 5.64. The number of piperidine rings is 1. The summed E-state index contributed by atoms with van der Waals surface area (Å²) in [5.74, 6) is 0.987. The molecule has 2 amide bonds. The van der Waals surface area contributed by atoms with Crippen molar-refractivity contribution in [2.24, 2.45) is 5.92 Å². The lowest BCUT2D eigenvalue weighted by atomic mass is 9.89. The van der Waals surface area contributed by atoms with Crippen molar-refractivity contribution in [2.75, 3.05) is 44.0 Å². The summed E-state index contributed by atoms with van der Waals surface area (Å²) in [6, 6.07) is 15.8. The summed E-state index contributed by atoms with van der Waals surface area (Å²) in [5, 5.41) is 2.84. The van der Waals surface area contributed by atoms with Gasteiger partial charge in [-0.3, -0.25) is 9.59 Å². The molecule has 8 heteroatoms. The van der Waals surface area contributed by atoms with Crippen molar-refractivity contribution >= 4 is 23.3 Å². The summed E-state index contributed by atoms with van der Waals surface area (Å²) < 4.78 is 19.9. The Morgan fingerprint density at radius 2 is 1.71 bits per heavy atom. The van der Waals surface area contributed by atoms with E-state index in [0.717, 1.165) is 31.5 Å². The number of ether oxygens (including phenoxy) is 1. The predicted octanol–water partition coefficient (Wildman–Crippen LogP) is 5.35. The van der Waals surface area contributed by atoms with Crippen molar-refractivity contribution in [3.63, 3.8) is 0 Å². The number of nitrogens with one attached hydrogen (secondary N) is 1. The van der Waals surface area contributed by atoms with Gasteiger partial charge in [-0.05, 0) is 85.5 Å². The van der Waals surface area contributed by atoms with E-state index in [2.05, 4.69) is 10.3 Å². The highest BCUT2D eigenvalue weighted by molar-refractivity contribution is 6.04. The van der Waals surface area contributed by atoms with Gasteiger partial charge in [-0.2, -0.15) is 0 Å². The molecular formula is C30H33FN4O3. The van der Waals surface area contributed by atoms with E-state index in [4.69, 9.17) is 4.74 Å². The molecule has 3 aromatic rings. The SMILES string of the molecule is CN(C)c1ccc(C(=O)N2CCC(c3ccc(NC(=O)c4ccc(OCC5CC5)c(F)c4)cc3)CC2)cn1. The molecule has 0 spiro atoms. The number of likely N-dealkylation sites (tertiary alicyclic amines) is 1. The lowest BCUT2D eigenvalue weighted by molar-refractivity contribution is 0.0712. The first-order valence-corrected chi connectivity index (χ1v) is 13.1. The molecule has 0 atom stereocenters. The molecule has 2 aromatic carbocycles. The van der Waals surface area contributed by atoms with Gasteiger partial charge < -0.3 is 19.9 Å². The molecule has 1 aromatic heterocycles. The van der Waals surface area contributed by atoms with Crippen LogP contribution in [-0.2, 0) is 0 Å². The molecule has 1 aliphatic carbocycles. The van der Waals surface area contributed by atoms with Crippen LogP contribution in [0.15, 0.2) is 60.8 Å². The molecule has 2 aliphatic rings. The smallest absolute Gasteiger partial charge is 0.255 e. The molecule has 198 valence electrons. The maximum Gasteiger partial charge on any atom is 0.255 e. The Bertz CT molecular complexity index is 1280. The number of anilines is 2. The molecule has 1 aliphatic heterocycles. The topological polar surface area (TPSA) is 74.8 Å². The summed E-state index contributed by atoms with van der Waals surface area (Å²) in [4.78, 5) is 33.7. The van der Waals surface area contributed by atoms with Gasteiger partial charge in [0.1, 0.15) is 5.82 Å². The average Bonchev–Trinajstić information content (AvgIpc) is 3.77. The number of pyridine rings is 1. The van der Waals surface area contributed by atoms with Crippen molar-refractivity contribution in [2.45, 2.75) is 31.6 Å². The number of hydrogen-bond acceptors (Lipinski definition) is 5. The molecule has 2 heterocycles. The second-order valence-corrected chi connectivity index (χ2v) is 10.3. The van der Waals surface area contributed by atoms with Gasteiger partial charge >= 0.3 is 0 Å². The third kappa shape index (κ3) is 6.13. The van der Waals surface area contributed by atoms with Gasteiger partial charge in [-0.25, -0.2) is 9.37 Å². The number of nitrogens with zero attached hydrogens (tertiary/aromatic N) is 3. The second kappa shape index (κ2) is 11.2. The number of rotatable bonds is 8. The van der Waals surface area contributed by atoms with Crippen molar-refractivity contribution in [3.05, 3.63) is 83.3 Å². The average molecular weight is 517 g/mol. The second-order valence-electron chi connectivity index (χ2n) is 10.3. The third-order valence-electron chi connectivity index (χ3n) is 7.24. The highest BCUT2D eigenvalue weighted by atomic mass is 19.1. The van der Waals surface area contributed by atoms with Gasteiger partial charge in [0, 0.05) is 44.6 Å². The molecule has 38 heavy (non-hydrogen) atoms. The van der Waals surface area contributed by atoms with E-state index in [-0.39, 0.29) is 23.1 Å². The van der Waals surface area contributed by atoms with Gasteiger partial charge in [0.05, 0.1) is 12.2 Å². The fourth-order valence-electron chi connectivity index (χ4n) is 4.67. The Kier molecular flexibility index (Phi) is 7.58. The Morgan fingerprint density at radius 1 is 1.00 bits per heavy atom. The monoisotopic (exact) mass is 516 g/mol. The summed E-state index contributed by atoms with van der Waals surface area (Å²) in [6.45, 7) is 1.89. The minimum absolute atomic E-state index is 0.0123. The molecule has 1 saturated carbocycles. The van der Waals surface area contributed by atoms with Crippen LogP contribution in [0.5, 0.6) is 5.75 Å². The summed E-state index contributed by atoms with van der Waals surface area (Å²) >= 11 is 0. The van der Waals surface area contributed by atoms with Crippen LogP contribution >= 0.6 is 0 Å². The Morgan fingerprint density at radius 3 is 2.32 bits per heavy atom. The fourth-order valence-corrected chi connectivity index (χ4v) is 4.67. The normalized spacial score (nSPS) is 15.7. The highest BCUT2D eigenvalue weighted by Gasteiger charge is 2.25. The molecular weight excluding hydrogens is 483 g/mol. The Labute approximate surface area is 222 Å². The Hall–Kier alpha value is -3.94. The molecule has 0 bridgehead atoms. The largest absolute Gasteiger partial charge is 0.490 e. The van der Waals surface area contributed by atoms with E-state index in [9.17, 15) is 14.0 Å².